The van der Waals surface area contributed by atoms with Crippen molar-refractivity contribution in [2.75, 3.05) is 0 Å². The molecule has 0 radical (unpaired) electrons. The van der Waals surface area contributed by atoms with E-state index < -0.39 is 11.2 Å². The summed E-state index contributed by atoms with van der Waals surface area (Å²) in [4.78, 5) is 0. The van der Waals surface area contributed by atoms with Crippen LogP contribution in [0.1, 0.15) is 90.5 Å². The van der Waals surface area contributed by atoms with E-state index in [1.54, 1.807) is 17.1 Å². The summed E-state index contributed by atoms with van der Waals surface area (Å²) in [6.45, 7) is 7.08. The highest BCUT2D eigenvalue weighted by molar-refractivity contribution is 5.22. The number of hydrogen-bond acceptors (Lipinski definition) is 4. The summed E-state index contributed by atoms with van der Waals surface area (Å²) >= 11 is 0. The Morgan fingerprint density at radius 2 is 1.79 bits per heavy atom. The van der Waals surface area contributed by atoms with Gasteiger partial charge in [0.05, 0.1) is 29.5 Å². The largest absolute Gasteiger partial charge is 0.390 e. The molecule has 10 atom stereocenters. The molecule has 1 aromatic heterocycles. The molecule has 5 nitrogen and oxygen atoms in total. The minimum Gasteiger partial charge on any atom is -0.390 e. The minimum atomic E-state index is -0.830. The van der Waals surface area contributed by atoms with Crippen LogP contribution in [0, 0.1) is 64.1 Å². The molecule has 0 spiro atoms. The third kappa shape index (κ3) is 3.66. The number of fused-ring (bicyclic) bond motifs is 5. The predicted molar refractivity (Wildman–Crippen MR) is 130 cm³/mol. The number of aliphatic hydroxyl groups is 2. The van der Waals surface area contributed by atoms with Gasteiger partial charge in [-0.1, -0.05) is 6.92 Å². The lowest BCUT2D eigenvalue weighted by Gasteiger charge is -2.58. The number of nitrogens with zero attached hydrogens (tertiary/aromatic N) is 3. The SMILES string of the molecule is CC(O)(Cn1cc(C#N)cn1)[C@H]1C[C@@H](C2CC2)[C@H]2[C@@H]3CC[C@@H]4C[C@](C)(O)CC[C@@H]4[C@H]3CC[C@@]21C. The molecule has 5 aliphatic carbocycles. The van der Waals surface area contributed by atoms with Crippen molar-refractivity contribution in [2.45, 2.75) is 103 Å². The second-order valence-corrected chi connectivity index (χ2v) is 13.8. The van der Waals surface area contributed by atoms with Gasteiger partial charge in [0.15, 0.2) is 0 Å². The topological polar surface area (TPSA) is 82.1 Å². The summed E-state index contributed by atoms with van der Waals surface area (Å²) < 4.78 is 1.78. The molecular formula is C29H43N3O2. The van der Waals surface area contributed by atoms with Crippen LogP contribution in [0.2, 0.25) is 0 Å². The summed E-state index contributed by atoms with van der Waals surface area (Å²) in [5, 5.41) is 36.3. The van der Waals surface area contributed by atoms with E-state index in [0.717, 1.165) is 54.8 Å². The van der Waals surface area contributed by atoms with E-state index in [0.29, 0.717) is 18.0 Å². The van der Waals surface area contributed by atoms with E-state index in [1.165, 1.54) is 44.9 Å². The average Bonchev–Trinajstić information content (AvgIpc) is 3.43. The standard InChI is InChI=1S/C29H43N3O2/c1-27(33)10-8-21-20(13-27)6-7-23-22(21)9-11-28(2)25(12-24(26(23)28)19-4-5-19)29(3,34)17-32-16-18(14-30)15-31-32/h15-16,19-26,33-34H,4-13,17H2,1-3H3/t20-,21+,22-,23-,24+,25+,26-,27-,28-,29?/m1/s1. The average molecular weight is 466 g/mol. The van der Waals surface area contributed by atoms with E-state index in [9.17, 15) is 15.5 Å². The summed E-state index contributed by atoms with van der Waals surface area (Å²) in [7, 11) is 0. The molecule has 5 saturated carbocycles. The predicted octanol–water partition coefficient (Wildman–Crippen LogP) is 5.16. The summed E-state index contributed by atoms with van der Waals surface area (Å²) in [5.74, 6) is 5.75. The molecule has 1 heterocycles. The quantitative estimate of drug-likeness (QED) is 0.643. The van der Waals surface area contributed by atoms with Gasteiger partial charge in [-0.25, -0.2) is 0 Å². The molecule has 0 bridgehead atoms. The van der Waals surface area contributed by atoms with Gasteiger partial charge in [0.2, 0.25) is 0 Å². The second-order valence-electron chi connectivity index (χ2n) is 13.8. The van der Waals surface area contributed by atoms with Crippen LogP contribution in [-0.4, -0.2) is 31.2 Å². The third-order valence-electron chi connectivity index (χ3n) is 11.5. The fraction of sp³-hybridized carbons (Fsp3) is 0.862. The van der Waals surface area contributed by atoms with Crippen LogP contribution in [0.15, 0.2) is 12.4 Å². The van der Waals surface area contributed by atoms with Crippen molar-refractivity contribution < 1.29 is 10.2 Å². The van der Waals surface area contributed by atoms with Crippen LogP contribution in [0.25, 0.3) is 0 Å². The maximum atomic E-state index is 11.9. The first kappa shape index (κ1) is 23.0. The summed E-state index contributed by atoms with van der Waals surface area (Å²) in [6.07, 6.45) is 15.6. The Kier molecular flexibility index (Phi) is 5.29. The number of rotatable bonds is 4. The van der Waals surface area contributed by atoms with Crippen molar-refractivity contribution >= 4 is 0 Å². The highest BCUT2D eigenvalue weighted by Crippen LogP contribution is 2.70. The fourth-order valence-electron chi connectivity index (χ4n) is 10.2. The lowest BCUT2D eigenvalue weighted by Crippen LogP contribution is -2.54. The van der Waals surface area contributed by atoms with Crippen molar-refractivity contribution in [1.82, 2.24) is 9.78 Å². The molecule has 5 fully saturated rings. The van der Waals surface area contributed by atoms with Gasteiger partial charge in [0.1, 0.15) is 6.07 Å². The molecule has 186 valence electrons. The highest BCUT2D eigenvalue weighted by atomic mass is 16.3. The van der Waals surface area contributed by atoms with Crippen molar-refractivity contribution in [3.05, 3.63) is 18.0 Å². The van der Waals surface area contributed by atoms with Gasteiger partial charge in [-0.2, -0.15) is 10.4 Å². The fourth-order valence-corrected chi connectivity index (χ4v) is 10.2. The smallest absolute Gasteiger partial charge is 0.102 e. The van der Waals surface area contributed by atoms with Crippen LogP contribution in [0.3, 0.4) is 0 Å². The van der Waals surface area contributed by atoms with Crippen LogP contribution in [-0.2, 0) is 6.54 Å². The van der Waals surface area contributed by atoms with Crippen LogP contribution in [0.4, 0.5) is 0 Å². The van der Waals surface area contributed by atoms with Gasteiger partial charge < -0.3 is 10.2 Å². The molecule has 2 N–H and O–H groups in total. The van der Waals surface area contributed by atoms with Crippen LogP contribution < -0.4 is 0 Å². The molecule has 0 amide bonds. The number of nitriles is 1. The highest BCUT2D eigenvalue weighted by Gasteiger charge is 2.65. The molecule has 34 heavy (non-hydrogen) atoms. The molecule has 1 aromatic rings. The first-order valence-corrected chi connectivity index (χ1v) is 14.0. The van der Waals surface area contributed by atoms with Gasteiger partial charge >= 0.3 is 0 Å². The Labute approximate surface area is 204 Å². The lowest BCUT2D eigenvalue weighted by molar-refractivity contribution is -0.130. The van der Waals surface area contributed by atoms with E-state index in [4.69, 9.17) is 0 Å². The maximum Gasteiger partial charge on any atom is 0.102 e. The third-order valence-corrected chi connectivity index (χ3v) is 11.5. The molecule has 0 aromatic carbocycles. The Morgan fingerprint density at radius 1 is 1.06 bits per heavy atom. The summed E-state index contributed by atoms with van der Waals surface area (Å²) in [5.41, 5.74) is -0.548. The van der Waals surface area contributed by atoms with Crippen molar-refractivity contribution in [2.24, 2.45) is 52.8 Å². The first-order chi connectivity index (χ1) is 16.1. The Balaban J connectivity index is 1.28. The van der Waals surface area contributed by atoms with E-state index in [2.05, 4.69) is 25.0 Å². The van der Waals surface area contributed by atoms with E-state index in [-0.39, 0.29) is 11.3 Å². The van der Waals surface area contributed by atoms with Crippen LogP contribution >= 0.6 is 0 Å². The minimum absolute atomic E-state index is 0.177. The Morgan fingerprint density at radius 3 is 2.50 bits per heavy atom. The van der Waals surface area contributed by atoms with Crippen molar-refractivity contribution in [1.29, 1.82) is 5.26 Å². The molecule has 5 aliphatic rings. The van der Waals surface area contributed by atoms with Crippen LogP contribution in [0.5, 0.6) is 0 Å². The molecule has 0 saturated heterocycles. The zero-order valence-corrected chi connectivity index (χ0v) is 21.3. The van der Waals surface area contributed by atoms with E-state index >= 15 is 0 Å². The zero-order valence-electron chi connectivity index (χ0n) is 21.3. The first-order valence-electron chi connectivity index (χ1n) is 14.0. The monoisotopic (exact) mass is 465 g/mol. The summed E-state index contributed by atoms with van der Waals surface area (Å²) in [6, 6.07) is 2.16. The lowest BCUT2D eigenvalue weighted by atomic mass is 9.47. The Bertz CT molecular complexity index is 972. The van der Waals surface area contributed by atoms with Gasteiger partial charge in [-0.3, -0.25) is 4.68 Å². The normalized spacial score (nSPS) is 47.7. The maximum absolute atomic E-state index is 11.9. The zero-order chi connectivity index (χ0) is 23.9. The molecular weight excluding hydrogens is 422 g/mol. The molecule has 5 heteroatoms. The van der Waals surface area contributed by atoms with E-state index in [1.807, 2.05) is 6.92 Å². The molecule has 0 aliphatic heterocycles. The van der Waals surface area contributed by atoms with Crippen molar-refractivity contribution in [3.63, 3.8) is 0 Å². The second kappa shape index (κ2) is 7.81. The Hall–Kier alpha value is -1.38. The van der Waals surface area contributed by atoms with Gasteiger partial charge in [-0.05, 0) is 131 Å². The molecule has 1 unspecified atom stereocenters. The number of hydrogen-bond donors (Lipinski definition) is 2. The molecule has 6 rings (SSSR count). The van der Waals surface area contributed by atoms with Gasteiger partial charge in [-0.15, -0.1) is 0 Å². The van der Waals surface area contributed by atoms with Crippen molar-refractivity contribution in [3.8, 4) is 6.07 Å². The van der Waals surface area contributed by atoms with Gasteiger partial charge in [0.25, 0.3) is 0 Å². The van der Waals surface area contributed by atoms with Gasteiger partial charge in [0, 0.05) is 6.20 Å². The number of aromatic nitrogens is 2.